The molecule has 1 N–H and O–H groups in total. The largest absolute Gasteiger partial charge is 0.381 e. The maximum atomic E-state index is 14.9. The number of nitrogens with zero attached hydrogens (tertiary/aromatic N) is 7. The molecule has 5 rings (SSSR count). The van der Waals surface area contributed by atoms with Crippen LogP contribution in [-0.2, 0) is 25.2 Å². The topological polar surface area (TPSA) is 84.9 Å². The summed E-state index contributed by atoms with van der Waals surface area (Å²) in [5.74, 6) is -0.105. The highest BCUT2D eigenvalue weighted by Crippen LogP contribution is 2.34. The first kappa shape index (κ1) is 22.3. The van der Waals surface area contributed by atoms with E-state index in [0.29, 0.717) is 25.5 Å². The summed E-state index contributed by atoms with van der Waals surface area (Å²) in [7, 11) is 0. The Morgan fingerprint density at radius 3 is 2.62 bits per heavy atom. The minimum absolute atomic E-state index is 0.00397. The maximum Gasteiger partial charge on any atom is 0.181 e. The molecule has 1 aliphatic heterocycles. The van der Waals surface area contributed by atoms with Crippen molar-refractivity contribution in [3.05, 3.63) is 83.7 Å². The van der Waals surface area contributed by atoms with Gasteiger partial charge in [0.05, 0.1) is 19.6 Å². The third kappa shape index (κ3) is 4.10. The number of rotatable bonds is 6. The molecule has 2 aromatic carbocycles. The minimum atomic E-state index is -1.70. The summed E-state index contributed by atoms with van der Waals surface area (Å²) in [6.07, 6.45) is 2.81. The lowest BCUT2D eigenvalue weighted by molar-refractivity contribution is -0.0714. The molecule has 4 aromatic rings. The van der Waals surface area contributed by atoms with E-state index in [1.54, 1.807) is 0 Å². The van der Waals surface area contributed by atoms with Crippen LogP contribution in [0.25, 0.3) is 11.4 Å². The van der Waals surface area contributed by atoms with Crippen LogP contribution < -0.4 is 0 Å². The number of aromatic nitrogens is 6. The highest BCUT2D eigenvalue weighted by atomic mass is 19.1. The third-order valence-electron chi connectivity index (χ3n) is 6.51. The SMILES string of the molecule is Cc1ccc(-c2nc3n(n2)CCN([C@H](C)[C@](O)(Cn2cncn2)c2ccc(F)cc2F)C3)cc1. The molecule has 0 radical (unpaired) electrons. The normalized spacial score (nSPS) is 16.7. The first-order chi connectivity index (χ1) is 16.3. The maximum absolute atomic E-state index is 14.9. The molecule has 0 fully saturated rings. The molecule has 0 amide bonds. The molecule has 8 nitrogen and oxygen atoms in total. The molecule has 0 spiro atoms. The zero-order chi connectivity index (χ0) is 23.9. The van der Waals surface area contributed by atoms with Gasteiger partial charge in [0.1, 0.15) is 35.7 Å². The Morgan fingerprint density at radius 1 is 1.12 bits per heavy atom. The van der Waals surface area contributed by atoms with Crippen LogP contribution >= 0.6 is 0 Å². The molecule has 2 atom stereocenters. The summed E-state index contributed by atoms with van der Waals surface area (Å²) < 4.78 is 31.8. The Hall–Kier alpha value is -3.50. The Kier molecular flexibility index (Phi) is 5.70. The van der Waals surface area contributed by atoms with Gasteiger partial charge in [-0.25, -0.2) is 28.1 Å². The molecule has 10 heteroatoms. The summed E-state index contributed by atoms with van der Waals surface area (Å²) in [6.45, 7) is 5.37. The van der Waals surface area contributed by atoms with Gasteiger partial charge in [-0.15, -0.1) is 0 Å². The zero-order valence-corrected chi connectivity index (χ0v) is 18.9. The van der Waals surface area contributed by atoms with E-state index in [1.165, 1.54) is 23.4 Å². The summed E-state index contributed by atoms with van der Waals surface area (Å²) in [5, 5.41) is 20.6. The van der Waals surface area contributed by atoms with Gasteiger partial charge in [-0.2, -0.15) is 10.2 Å². The fourth-order valence-electron chi connectivity index (χ4n) is 4.46. The van der Waals surface area contributed by atoms with Crippen LogP contribution in [0, 0.1) is 18.6 Å². The average molecular weight is 466 g/mol. The van der Waals surface area contributed by atoms with Crippen LogP contribution in [0.15, 0.2) is 55.1 Å². The van der Waals surface area contributed by atoms with E-state index in [1.807, 2.05) is 47.7 Å². The van der Waals surface area contributed by atoms with E-state index in [2.05, 4.69) is 15.2 Å². The number of hydrogen-bond acceptors (Lipinski definition) is 6. The van der Waals surface area contributed by atoms with Crippen molar-refractivity contribution < 1.29 is 13.9 Å². The Bertz CT molecular complexity index is 1290. The van der Waals surface area contributed by atoms with Gasteiger partial charge in [-0.3, -0.25) is 4.90 Å². The lowest BCUT2D eigenvalue weighted by Gasteiger charge is -2.42. The fourth-order valence-corrected chi connectivity index (χ4v) is 4.46. The number of aryl methyl sites for hydroxylation is 1. The Balaban J connectivity index is 1.45. The number of fused-ring (bicyclic) bond motifs is 1. The van der Waals surface area contributed by atoms with E-state index in [4.69, 9.17) is 4.98 Å². The van der Waals surface area contributed by atoms with Gasteiger partial charge in [-0.1, -0.05) is 35.9 Å². The molecule has 0 bridgehead atoms. The lowest BCUT2D eigenvalue weighted by Crippen LogP contribution is -2.53. The minimum Gasteiger partial charge on any atom is -0.381 e. The second-order valence-corrected chi connectivity index (χ2v) is 8.73. The van der Waals surface area contributed by atoms with E-state index >= 15 is 0 Å². The molecule has 0 aliphatic carbocycles. The van der Waals surface area contributed by atoms with Crippen LogP contribution in [0.5, 0.6) is 0 Å². The first-order valence-electron chi connectivity index (χ1n) is 11.1. The van der Waals surface area contributed by atoms with Crippen LogP contribution in [0.1, 0.15) is 23.9 Å². The van der Waals surface area contributed by atoms with Crippen molar-refractivity contribution >= 4 is 0 Å². The molecule has 3 heterocycles. The highest BCUT2D eigenvalue weighted by molar-refractivity contribution is 5.55. The summed E-state index contributed by atoms with van der Waals surface area (Å²) in [6, 6.07) is 10.7. The molecular formula is C24H25F2N7O. The number of aliphatic hydroxyl groups is 1. The van der Waals surface area contributed by atoms with Crippen molar-refractivity contribution in [3.63, 3.8) is 0 Å². The molecule has 1 aliphatic rings. The molecule has 0 unspecified atom stereocenters. The Morgan fingerprint density at radius 2 is 1.91 bits per heavy atom. The van der Waals surface area contributed by atoms with Gasteiger partial charge in [0.2, 0.25) is 0 Å². The molecule has 0 saturated carbocycles. The van der Waals surface area contributed by atoms with Gasteiger partial charge in [0, 0.05) is 29.8 Å². The summed E-state index contributed by atoms with van der Waals surface area (Å²) >= 11 is 0. The fraction of sp³-hybridized carbons (Fsp3) is 0.333. The standard InChI is InChI=1S/C24H25F2N7O/c1-16-3-5-18(6-4-16)23-29-22-12-31(9-10-33(22)30-23)17(2)24(34,13-32-15-27-14-28-32)20-8-7-19(25)11-21(20)26/h3-8,11,14-15,17,34H,9-10,12-13H2,1-2H3/t17-,24-/m1/s1. The summed E-state index contributed by atoms with van der Waals surface area (Å²) in [5.41, 5.74) is 0.396. The van der Waals surface area contributed by atoms with Crippen molar-refractivity contribution in [1.82, 2.24) is 34.4 Å². The van der Waals surface area contributed by atoms with Crippen molar-refractivity contribution in [2.75, 3.05) is 6.54 Å². The lowest BCUT2D eigenvalue weighted by atomic mass is 9.85. The monoisotopic (exact) mass is 465 g/mol. The second-order valence-electron chi connectivity index (χ2n) is 8.73. The number of halogens is 2. The molecular weight excluding hydrogens is 440 g/mol. The van der Waals surface area contributed by atoms with Crippen LogP contribution in [0.2, 0.25) is 0 Å². The molecule has 176 valence electrons. The zero-order valence-electron chi connectivity index (χ0n) is 18.9. The predicted molar refractivity (Wildman–Crippen MR) is 120 cm³/mol. The van der Waals surface area contributed by atoms with E-state index in [0.717, 1.165) is 29.1 Å². The van der Waals surface area contributed by atoms with Gasteiger partial charge in [-0.05, 0) is 19.9 Å². The second kappa shape index (κ2) is 8.69. The predicted octanol–water partition coefficient (Wildman–Crippen LogP) is 2.92. The van der Waals surface area contributed by atoms with Crippen LogP contribution in [-0.4, -0.2) is 52.1 Å². The van der Waals surface area contributed by atoms with Crippen molar-refractivity contribution in [3.8, 4) is 11.4 Å². The first-order valence-corrected chi connectivity index (χ1v) is 11.1. The van der Waals surface area contributed by atoms with Crippen molar-refractivity contribution in [1.29, 1.82) is 0 Å². The van der Waals surface area contributed by atoms with Gasteiger partial charge < -0.3 is 5.11 Å². The van der Waals surface area contributed by atoms with Gasteiger partial charge >= 0.3 is 0 Å². The van der Waals surface area contributed by atoms with E-state index in [9.17, 15) is 13.9 Å². The van der Waals surface area contributed by atoms with Crippen LogP contribution in [0.3, 0.4) is 0 Å². The van der Waals surface area contributed by atoms with E-state index in [-0.39, 0.29) is 12.1 Å². The molecule has 2 aromatic heterocycles. The van der Waals surface area contributed by atoms with E-state index < -0.39 is 23.3 Å². The van der Waals surface area contributed by atoms with Crippen LogP contribution in [0.4, 0.5) is 8.78 Å². The highest BCUT2D eigenvalue weighted by Gasteiger charge is 2.43. The molecule has 0 saturated heterocycles. The van der Waals surface area contributed by atoms with Crippen molar-refractivity contribution in [2.45, 2.75) is 45.1 Å². The summed E-state index contributed by atoms with van der Waals surface area (Å²) in [4.78, 5) is 10.7. The smallest absolute Gasteiger partial charge is 0.181 e. The molecule has 34 heavy (non-hydrogen) atoms. The third-order valence-corrected chi connectivity index (χ3v) is 6.51. The average Bonchev–Trinajstić information content (AvgIpc) is 3.48. The number of benzene rings is 2. The quantitative estimate of drug-likeness (QED) is 0.471. The Labute approximate surface area is 195 Å². The van der Waals surface area contributed by atoms with Gasteiger partial charge in [0.25, 0.3) is 0 Å². The van der Waals surface area contributed by atoms with Crippen molar-refractivity contribution in [2.24, 2.45) is 0 Å². The van der Waals surface area contributed by atoms with Gasteiger partial charge in [0.15, 0.2) is 5.82 Å². The number of hydrogen-bond donors (Lipinski definition) is 1.